The van der Waals surface area contributed by atoms with Gasteiger partial charge in [-0.1, -0.05) is 12.1 Å². The maximum absolute atomic E-state index is 12.4. The fraction of sp³-hybridized carbons (Fsp3) is 0.240. The van der Waals surface area contributed by atoms with E-state index in [1.807, 2.05) is 12.1 Å². The lowest BCUT2D eigenvalue weighted by molar-refractivity contribution is -0.141. The Bertz CT molecular complexity index is 1390. The van der Waals surface area contributed by atoms with E-state index in [0.717, 1.165) is 16.3 Å². The van der Waals surface area contributed by atoms with E-state index in [1.165, 1.54) is 7.11 Å². The summed E-state index contributed by atoms with van der Waals surface area (Å²) in [4.78, 5) is 44.6. The van der Waals surface area contributed by atoms with Gasteiger partial charge in [-0.15, -0.1) is 0 Å². The van der Waals surface area contributed by atoms with Crippen molar-refractivity contribution in [1.29, 1.82) is 0 Å². The summed E-state index contributed by atoms with van der Waals surface area (Å²) in [5, 5.41) is 4.57. The van der Waals surface area contributed by atoms with E-state index < -0.39 is 22.9 Å². The molecule has 0 amide bonds. The molecule has 34 heavy (non-hydrogen) atoms. The number of benzene rings is 1. The average Bonchev–Trinajstić information content (AvgIpc) is 2.85. The Morgan fingerprint density at radius 3 is 2.50 bits per heavy atom. The molecule has 0 aliphatic rings. The normalized spacial score (nSPS) is 12.0. The average molecular weight is 461 g/mol. The molecular weight excluding hydrogens is 438 g/mol. The molecule has 4 rings (SSSR count). The zero-order chi connectivity index (χ0) is 24.2. The Morgan fingerprint density at radius 1 is 1.03 bits per heavy atom. The lowest BCUT2D eigenvalue weighted by Crippen LogP contribution is -2.42. The summed E-state index contributed by atoms with van der Waals surface area (Å²) in [6.07, 6.45) is 4.98. The van der Waals surface area contributed by atoms with Crippen molar-refractivity contribution in [1.82, 2.24) is 9.97 Å². The maximum atomic E-state index is 12.4. The zero-order valence-corrected chi connectivity index (χ0v) is 18.9. The van der Waals surface area contributed by atoms with Crippen LogP contribution in [0.4, 0.5) is 5.69 Å². The number of aromatic nitrogens is 2. The summed E-state index contributed by atoms with van der Waals surface area (Å²) in [6.45, 7) is 3.49. The number of nitrogens with one attached hydrogen (secondary N) is 1. The number of hydrogen-bond acceptors (Lipinski definition) is 9. The van der Waals surface area contributed by atoms with Crippen molar-refractivity contribution in [3.05, 3.63) is 81.0 Å². The van der Waals surface area contributed by atoms with Crippen LogP contribution in [0.25, 0.3) is 10.8 Å². The number of carbonyl (C=O) groups is 1. The second-order valence-electron chi connectivity index (χ2n) is 7.91. The number of carbonyl (C=O) groups excluding carboxylic acids is 1. The largest absolute Gasteiger partial charge is 0.485 e. The lowest BCUT2D eigenvalue weighted by Gasteiger charge is -2.21. The van der Waals surface area contributed by atoms with Crippen molar-refractivity contribution in [2.24, 2.45) is 0 Å². The maximum Gasteiger partial charge on any atom is 0.328 e. The summed E-state index contributed by atoms with van der Waals surface area (Å²) in [7, 11) is 1.26. The van der Waals surface area contributed by atoms with Crippen molar-refractivity contribution in [2.45, 2.75) is 32.4 Å². The molecule has 174 valence electrons. The lowest BCUT2D eigenvalue weighted by atomic mass is 10.0. The molecule has 1 N–H and O–H groups in total. The van der Waals surface area contributed by atoms with Crippen molar-refractivity contribution >= 4 is 22.4 Å². The van der Waals surface area contributed by atoms with E-state index in [1.54, 1.807) is 56.7 Å². The van der Waals surface area contributed by atoms with Crippen molar-refractivity contribution in [2.75, 3.05) is 12.4 Å². The number of rotatable bonds is 9. The van der Waals surface area contributed by atoms with Gasteiger partial charge >= 0.3 is 5.97 Å². The highest BCUT2D eigenvalue weighted by Crippen LogP contribution is 2.27. The predicted octanol–water partition coefficient (Wildman–Crippen LogP) is 3.00. The molecule has 9 nitrogen and oxygen atoms in total. The molecule has 0 bridgehead atoms. The number of pyridine rings is 2. The molecule has 1 atom stereocenters. The molecule has 0 radical (unpaired) electrons. The first kappa shape index (κ1) is 22.9. The van der Waals surface area contributed by atoms with E-state index in [9.17, 15) is 14.4 Å². The molecule has 0 spiro atoms. The molecule has 0 fully saturated rings. The molecule has 0 unspecified atom stereocenters. The quantitative estimate of drug-likeness (QED) is 0.296. The summed E-state index contributed by atoms with van der Waals surface area (Å²) < 4.78 is 16.2. The van der Waals surface area contributed by atoms with Gasteiger partial charge in [-0.3, -0.25) is 14.6 Å². The number of esters is 1. The van der Waals surface area contributed by atoms with Crippen LogP contribution in [0.1, 0.15) is 19.4 Å². The molecular formula is C25H23N3O6. The van der Waals surface area contributed by atoms with Crippen LogP contribution in [0.5, 0.6) is 17.4 Å². The van der Waals surface area contributed by atoms with Gasteiger partial charge < -0.3 is 19.5 Å². The molecule has 0 aliphatic heterocycles. The molecule has 2 aromatic carbocycles. The van der Waals surface area contributed by atoms with Crippen LogP contribution < -0.4 is 25.6 Å². The number of hydrogen-bond donors (Lipinski definition) is 1. The Hall–Kier alpha value is -4.27. The SMILES string of the molecule is COC(=O)[C@H](Cc1ccc(Oc2nccc3cnccc23)cc1)Nc1c(OC(C)C)c(=O)c1=O. The van der Waals surface area contributed by atoms with Gasteiger partial charge in [-0.05, 0) is 43.7 Å². The molecule has 2 heterocycles. The highest BCUT2D eigenvalue weighted by Gasteiger charge is 2.29. The zero-order valence-electron chi connectivity index (χ0n) is 18.9. The van der Waals surface area contributed by atoms with Gasteiger partial charge in [-0.25, -0.2) is 9.78 Å². The number of ether oxygens (including phenoxy) is 3. The molecule has 4 aromatic rings. The van der Waals surface area contributed by atoms with Gasteiger partial charge in [-0.2, -0.15) is 0 Å². The van der Waals surface area contributed by atoms with Gasteiger partial charge in [0.05, 0.1) is 13.2 Å². The van der Waals surface area contributed by atoms with E-state index in [-0.39, 0.29) is 24.0 Å². The Kier molecular flexibility index (Phi) is 6.53. The first-order valence-corrected chi connectivity index (χ1v) is 10.7. The van der Waals surface area contributed by atoms with E-state index in [4.69, 9.17) is 14.2 Å². The third-order valence-electron chi connectivity index (χ3n) is 5.13. The summed E-state index contributed by atoms with van der Waals surface area (Å²) >= 11 is 0. The predicted molar refractivity (Wildman–Crippen MR) is 126 cm³/mol. The van der Waals surface area contributed by atoms with Crippen LogP contribution in [0.15, 0.2) is 64.6 Å². The van der Waals surface area contributed by atoms with Crippen LogP contribution in [0, 0.1) is 0 Å². The molecule has 9 heteroatoms. The van der Waals surface area contributed by atoms with E-state index in [0.29, 0.717) is 11.6 Å². The van der Waals surface area contributed by atoms with Crippen molar-refractivity contribution < 1.29 is 19.0 Å². The van der Waals surface area contributed by atoms with Crippen molar-refractivity contribution in [3.8, 4) is 17.4 Å². The van der Waals surface area contributed by atoms with E-state index >= 15 is 0 Å². The minimum Gasteiger partial charge on any atom is -0.485 e. The summed E-state index contributed by atoms with van der Waals surface area (Å²) in [5.74, 6) is 0.394. The van der Waals surface area contributed by atoms with Crippen LogP contribution in [0.2, 0.25) is 0 Å². The van der Waals surface area contributed by atoms with Gasteiger partial charge in [0.2, 0.25) is 5.88 Å². The molecule has 0 saturated carbocycles. The van der Waals surface area contributed by atoms with Gasteiger partial charge in [0.1, 0.15) is 17.5 Å². The second-order valence-corrected chi connectivity index (χ2v) is 7.91. The van der Waals surface area contributed by atoms with Gasteiger partial charge in [0, 0.05) is 35.8 Å². The van der Waals surface area contributed by atoms with Gasteiger partial charge in [0.15, 0.2) is 5.75 Å². The number of methoxy groups -OCH3 is 1. The monoisotopic (exact) mass is 461 g/mol. The highest BCUT2D eigenvalue weighted by molar-refractivity contribution is 5.86. The van der Waals surface area contributed by atoms with Crippen LogP contribution in [-0.2, 0) is 16.0 Å². The number of anilines is 1. The highest BCUT2D eigenvalue weighted by atomic mass is 16.5. The minimum atomic E-state index is -0.887. The first-order valence-electron chi connectivity index (χ1n) is 10.7. The number of fused-ring (bicyclic) bond motifs is 1. The van der Waals surface area contributed by atoms with Crippen LogP contribution in [0.3, 0.4) is 0 Å². The van der Waals surface area contributed by atoms with Gasteiger partial charge in [0.25, 0.3) is 10.9 Å². The first-order chi connectivity index (χ1) is 16.4. The Morgan fingerprint density at radius 2 is 1.79 bits per heavy atom. The third-order valence-corrected chi connectivity index (χ3v) is 5.13. The van der Waals surface area contributed by atoms with E-state index in [2.05, 4.69) is 15.3 Å². The Labute approximate surface area is 195 Å². The fourth-order valence-corrected chi connectivity index (χ4v) is 3.47. The van der Waals surface area contributed by atoms with Crippen molar-refractivity contribution in [3.63, 3.8) is 0 Å². The fourth-order valence-electron chi connectivity index (χ4n) is 3.47. The minimum absolute atomic E-state index is 0.00873. The topological polar surface area (TPSA) is 117 Å². The van der Waals surface area contributed by atoms with Crippen LogP contribution in [-0.4, -0.2) is 35.2 Å². The van der Waals surface area contributed by atoms with Crippen LogP contribution >= 0.6 is 0 Å². The second kappa shape index (κ2) is 9.70. The Balaban J connectivity index is 1.50. The third kappa shape index (κ3) is 4.73. The molecule has 0 saturated heterocycles. The summed E-state index contributed by atoms with van der Waals surface area (Å²) in [6, 6.07) is 9.91. The molecule has 0 aliphatic carbocycles. The summed E-state index contributed by atoms with van der Waals surface area (Å²) in [5.41, 5.74) is -0.647. The smallest absolute Gasteiger partial charge is 0.328 e. The molecule has 2 aromatic heterocycles. The number of nitrogens with zero attached hydrogens (tertiary/aromatic N) is 2. The standard InChI is InChI=1S/C25H23N3O6/c1-14(2)33-23-20(21(29)22(23)30)28-19(25(31)32-3)12-15-4-6-17(7-5-15)34-24-18-9-10-26-13-16(18)8-11-27-24/h4-11,13-14,19,28H,12H2,1-3H3/t19-/m0/s1.